The van der Waals surface area contributed by atoms with Crippen LogP contribution in [-0.4, -0.2) is 28.3 Å². The molecule has 0 bridgehead atoms. The normalized spacial score (nSPS) is 11.5. The summed E-state index contributed by atoms with van der Waals surface area (Å²) in [6.07, 6.45) is 1.42. The molecule has 0 unspecified atom stereocenters. The molecule has 0 saturated heterocycles. The van der Waals surface area contributed by atoms with Crippen molar-refractivity contribution in [1.82, 2.24) is 4.83 Å². The summed E-state index contributed by atoms with van der Waals surface area (Å²) in [6.45, 7) is 4.31. The average Bonchev–Trinajstić information content (AvgIpc) is 2.57. The number of rotatable bonds is 7. The molecule has 0 atom stereocenters. The topological polar surface area (TPSA) is 77.0 Å². The first-order chi connectivity index (χ1) is 11.9. The van der Waals surface area contributed by atoms with E-state index in [9.17, 15) is 8.42 Å². The van der Waals surface area contributed by atoms with E-state index < -0.39 is 10.0 Å². The number of sulfonamides is 1. The molecular weight excluding hydrogens is 455 g/mol. The number of halogens is 1. The molecular formula is C17H19IN2O4S. The van der Waals surface area contributed by atoms with Crippen LogP contribution in [0.3, 0.4) is 0 Å². The second-order valence-corrected chi connectivity index (χ2v) is 7.96. The molecule has 0 fully saturated rings. The van der Waals surface area contributed by atoms with E-state index in [1.54, 1.807) is 25.3 Å². The Balaban J connectivity index is 2.19. The fourth-order valence-electron chi connectivity index (χ4n) is 2.04. The Hall–Kier alpha value is -1.81. The standard InChI is InChI=1S/C17H19IN2O4S/c1-4-24-17-15(18)9-13(10-16(17)23-3)11-19-20-25(21,22)14-7-5-12(2)6-8-14/h5-11,20H,4H2,1-3H3/b19-11-. The first-order valence-corrected chi connectivity index (χ1v) is 10.1. The number of methoxy groups -OCH3 is 1. The zero-order valence-corrected chi connectivity index (χ0v) is 17.1. The third-order valence-electron chi connectivity index (χ3n) is 3.26. The van der Waals surface area contributed by atoms with Gasteiger partial charge in [-0.05, 0) is 66.3 Å². The van der Waals surface area contributed by atoms with Gasteiger partial charge in [-0.1, -0.05) is 17.7 Å². The third kappa shape index (κ3) is 5.08. The Kier molecular flexibility index (Phi) is 6.65. The summed E-state index contributed by atoms with van der Waals surface area (Å²) in [6, 6.07) is 10.1. The van der Waals surface area contributed by atoms with Gasteiger partial charge < -0.3 is 9.47 Å². The van der Waals surface area contributed by atoms with E-state index in [2.05, 4.69) is 32.5 Å². The van der Waals surface area contributed by atoms with Gasteiger partial charge in [-0.2, -0.15) is 13.5 Å². The van der Waals surface area contributed by atoms with Gasteiger partial charge in [0, 0.05) is 0 Å². The molecule has 2 aromatic carbocycles. The van der Waals surface area contributed by atoms with Crippen molar-refractivity contribution in [2.45, 2.75) is 18.7 Å². The summed E-state index contributed by atoms with van der Waals surface area (Å²) < 4.78 is 36.1. The Labute approximate surface area is 161 Å². The average molecular weight is 474 g/mol. The van der Waals surface area contributed by atoms with Crippen molar-refractivity contribution in [3.05, 3.63) is 51.1 Å². The smallest absolute Gasteiger partial charge is 0.276 e. The minimum atomic E-state index is -3.70. The number of nitrogens with one attached hydrogen (secondary N) is 1. The second kappa shape index (κ2) is 8.52. The van der Waals surface area contributed by atoms with E-state index in [-0.39, 0.29) is 4.90 Å². The molecule has 0 heterocycles. The Morgan fingerprint density at radius 3 is 2.52 bits per heavy atom. The Morgan fingerprint density at radius 2 is 1.92 bits per heavy atom. The molecule has 0 saturated carbocycles. The van der Waals surface area contributed by atoms with Gasteiger partial charge in [0.1, 0.15) is 0 Å². The molecule has 2 aromatic rings. The molecule has 6 nitrogen and oxygen atoms in total. The summed E-state index contributed by atoms with van der Waals surface area (Å²) >= 11 is 2.13. The van der Waals surface area contributed by atoms with Gasteiger partial charge >= 0.3 is 0 Å². The summed E-state index contributed by atoms with van der Waals surface area (Å²) in [5.41, 5.74) is 1.68. The van der Waals surface area contributed by atoms with Crippen LogP contribution in [0, 0.1) is 10.5 Å². The number of hydrogen-bond donors (Lipinski definition) is 1. The van der Waals surface area contributed by atoms with Crippen molar-refractivity contribution in [3.8, 4) is 11.5 Å². The number of hydrogen-bond acceptors (Lipinski definition) is 5. The van der Waals surface area contributed by atoms with E-state index in [0.717, 1.165) is 9.13 Å². The number of ether oxygens (including phenoxy) is 2. The number of benzene rings is 2. The molecule has 0 spiro atoms. The molecule has 134 valence electrons. The zero-order chi connectivity index (χ0) is 18.4. The van der Waals surface area contributed by atoms with E-state index in [1.165, 1.54) is 18.3 Å². The maximum absolute atomic E-state index is 12.2. The molecule has 0 aromatic heterocycles. The largest absolute Gasteiger partial charge is 0.493 e. The van der Waals surface area contributed by atoms with Crippen LogP contribution < -0.4 is 14.3 Å². The Morgan fingerprint density at radius 1 is 1.24 bits per heavy atom. The van der Waals surface area contributed by atoms with Crippen molar-refractivity contribution in [3.63, 3.8) is 0 Å². The van der Waals surface area contributed by atoms with Crippen molar-refractivity contribution in [1.29, 1.82) is 0 Å². The maximum atomic E-state index is 12.2. The van der Waals surface area contributed by atoms with E-state index in [1.807, 2.05) is 19.9 Å². The summed E-state index contributed by atoms with van der Waals surface area (Å²) in [7, 11) is -2.14. The molecule has 1 N–H and O–H groups in total. The van der Waals surface area contributed by atoms with Gasteiger partial charge in [0.05, 0.1) is 28.4 Å². The minimum Gasteiger partial charge on any atom is -0.493 e. The lowest BCUT2D eigenvalue weighted by Gasteiger charge is -2.12. The first-order valence-electron chi connectivity index (χ1n) is 7.49. The zero-order valence-electron chi connectivity index (χ0n) is 14.1. The maximum Gasteiger partial charge on any atom is 0.276 e. The van der Waals surface area contributed by atoms with Gasteiger partial charge in [-0.3, -0.25) is 0 Å². The lowest BCUT2D eigenvalue weighted by atomic mass is 10.2. The third-order valence-corrected chi connectivity index (χ3v) is 5.30. The molecule has 0 radical (unpaired) electrons. The minimum absolute atomic E-state index is 0.161. The Bertz CT molecular complexity index is 865. The molecule has 8 heteroatoms. The second-order valence-electron chi connectivity index (χ2n) is 5.13. The molecule has 2 rings (SSSR count). The summed E-state index contributed by atoms with van der Waals surface area (Å²) in [4.78, 5) is 2.37. The van der Waals surface area contributed by atoms with Gasteiger partial charge in [0.2, 0.25) is 0 Å². The molecule has 0 aliphatic rings. The van der Waals surface area contributed by atoms with Crippen LogP contribution in [0.15, 0.2) is 46.4 Å². The van der Waals surface area contributed by atoms with Crippen LogP contribution in [-0.2, 0) is 10.0 Å². The van der Waals surface area contributed by atoms with E-state index >= 15 is 0 Å². The lowest BCUT2D eigenvalue weighted by Crippen LogP contribution is -2.18. The highest BCUT2D eigenvalue weighted by atomic mass is 127. The van der Waals surface area contributed by atoms with Gasteiger partial charge in [-0.25, -0.2) is 4.83 Å². The molecule has 0 aliphatic carbocycles. The van der Waals surface area contributed by atoms with E-state index in [4.69, 9.17) is 9.47 Å². The van der Waals surface area contributed by atoms with Crippen LogP contribution >= 0.6 is 22.6 Å². The van der Waals surface area contributed by atoms with Gasteiger partial charge in [0.15, 0.2) is 11.5 Å². The van der Waals surface area contributed by atoms with Crippen molar-refractivity contribution < 1.29 is 17.9 Å². The highest BCUT2D eigenvalue weighted by Crippen LogP contribution is 2.33. The molecule has 0 aliphatic heterocycles. The van der Waals surface area contributed by atoms with Crippen molar-refractivity contribution >= 4 is 38.8 Å². The van der Waals surface area contributed by atoms with Crippen LogP contribution in [0.2, 0.25) is 0 Å². The molecule has 0 amide bonds. The lowest BCUT2D eigenvalue weighted by molar-refractivity contribution is 0.308. The first kappa shape index (κ1) is 19.5. The van der Waals surface area contributed by atoms with Crippen molar-refractivity contribution in [2.75, 3.05) is 13.7 Å². The number of aryl methyl sites for hydroxylation is 1. The summed E-state index contributed by atoms with van der Waals surface area (Å²) in [5.74, 6) is 1.22. The molecule has 25 heavy (non-hydrogen) atoms. The van der Waals surface area contributed by atoms with Crippen LogP contribution in [0.25, 0.3) is 0 Å². The highest BCUT2D eigenvalue weighted by Gasteiger charge is 2.13. The highest BCUT2D eigenvalue weighted by molar-refractivity contribution is 14.1. The predicted octanol–water partition coefficient (Wildman–Crippen LogP) is 3.32. The SMILES string of the molecule is CCOc1c(I)cc(/C=N\NS(=O)(=O)c2ccc(C)cc2)cc1OC. The quantitative estimate of drug-likeness (QED) is 0.380. The number of hydrazone groups is 1. The summed E-state index contributed by atoms with van der Waals surface area (Å²) in [5, 5.41) is 3.84. The fraction of sp³-hybridized carbons (Fsp3) is 0.235. The van der Waals surface area contributed by atoms with Gasteiger partial charge in [0.25, 0.3) is 10.0 Å². The number of nitrogens with zero attached hydrogens (tertiary/aromatic N) is 1. The monoisotopic (exact) mass is 474 g/mol. The fourth-order valence-corrected chi connectivity index (χ4v) is 3.61. The predicted molar refractivity (Wildman–Crippen MR) is 106 cm³/mol. The van der Waals surface area contributed by atoms with Crippen LogP contribution in [0.1, 0.15) is 18.1 Å². The van der Waals surface area contributed by atoms with Crippen LogP contribution in [0.4, 0.5) is 0 Å². The van der Waals surface area contributed by atoms with Crippen molar-refractivity contribution in [2.24, 2.45) is 5.10 Å². The van der Waals surface area contributed by atoms with Gasteiger partial charge in [-0.15, -0.1) is 0 Å². The van der Waals surface area contributed by atoms with E-state index in [0.29, 0.717) is 23.7 Å². The van der Waals surface area contributed by atoms with Crippen LogP contribution in [0.5, 0.6) is 11.5 Å².